The average Bonchev–Trinajstić information content (AvgIpc) is 2.79. The van der Waals surface area contributed by atoms with Gasteiger partial charge in [-0.25, -0.2) is 15.0 Å². The molecule has 0 unspecified atom stereocenters. The van der Waals surface area contributed by atoms with Gasteiger partial charge >= 0.3 is 0 Å². The fourth-order valence-electron chi connectivity index (χ4n) is 3.38. The minimum absolute atomic E-state index is 0.0102. The van der Waals surface area contributed by atoms with Gasteiger partial charge in [-0.2, -0.15) is 0 Å². The standard InChI is InChI=1S/C21H22N6O2/c28-20(15-29-16-6-2-1-3-7-16)27-13-5-4-8-18(27)17-9-10-24-21(25-17)26-19-14-22-11-12-23-19/h1-3,6-7,9-12,14,18H,4-5,8,13,15H2,(H,23,24,25,26)/t18-/m1/s1. The number of nitrogens with zero attached hydrogens (tertiary/aromatic N) is 5. The van der Waals surface area contributed by atoms with Gasteiger partial charge in [0.2, 0.25) is 5.95 Å². The molecule has 8 nitrogen and oxygen atoms in total. The van der Waals surface area contributed by atoms with Crippen LogP contribution in [0.1, 0.15) is 31.0 Å². The molecule has 1 fully saturated rings. The van der Waals surface area contributed by atoms with Crippen molar-refractivity contribution >= 4 is 17.7 Å². The summed E-state index contributed by atoms with van der Waals surface area (Å²) in [5, 5.41) is 3.05. The van der Waals surface area contributed by atoms with E-state index in [0.717, 1.165) is 25.0 Å². The summed E-state index contributed by atoms with van der Waals surface area (Å²) in [4.78, 5) is 31.8. The number of benzene rings is 1. The minimum Gasteiger partial charge on any atom is -0.484 e. The molecule has 2 aromatic heterocycles. The van der Waals surface area contributed by atoms with Crippen molar-refractivity contribution in [2.75, 3.05) is 18.5 Å². The van der Waals surface area contributed by atoms with Gasteiger partial charge in [0, 0.05) is 25.1 Å². The Morgan fingerprint density at radius 2 is 2.00 bits per heavy atom. The molecule has 1 atom stereocenters. The highest BCUT2D eigenvalue weighted by Gasteiger charge is 2.29. The predicted molar refractivity (Wildman–Crippen MR) is 108 cm³/mol. The Kier molecular flexibility index (Phi) is 5.89. The number of nitrogens with one attached hydrogen (secondary N) is 1. The van der Waals surface area contributed by atoms with E-state index in [1.54, 1.807) is 24.8 Å². The fraction of sp³-hybridized carbons (Fsp3) is 0.286. The van der Waals surface area contributed by atoms with Crippen molar-refractivity contribution in [2.45, 2.75) is 25.3 Å². The van der Waals surface area contributed by atoms with Crippen molar-refractivity contribution in [3.8, 4) is 5.75 Å². The zero-order valence-corrected chi connectivity index (χ0v) is 15.9. The topological polar surface area (TPSA) is 93.1 Å². The van der Waals surface area contributed by atoms with Gasteiger partial charge in [0.1, 0.15) is 5.75 Å². The van der Waals surface area contributed by atoms with Gasteiger partial charge in [0.15, 0.2) is 12.4 Å². The highest BCUT2D eigenvalue weighted by atomic mass is 16.5. The Labute approximate surface area is 169 Å². The lowest BCUT2D eigenvalue weighted by Gasteiger charge is -2.35. The Morgan fingerprint density at radius 3 is 2.83 bits per heavy atom. The lowest BCUT2D eigenvalue weighted by molar-refractivity contribution is -0.137. The van der Waals surface area contributed by atoms with Crippen molar-refractivity contribution in [1.82, 2.24) is 24.8 Å². The number of amides is 1. The molecular weight excluding hydrogens is 368 g/mol. The Morgan fingerprint density at radius 1 is 1.10 bits per heavy atom. The van der Waals surface area contributed by atoms with Gasteiger partial charge in [0.25, 0.3) is 5.91 Å². The van der Waals surface area contributed by atoms with Gasteiger partial charge < -0.3 is 15.0 Å². The third kappa shape index (κ3) is 4.84. The van der Waals surface area contributed by atoms with Gasteiger partial charge in [-0.15, -0.1) is 0 Å². The molecule has 0 saturated carbocycles. The molecule has 0 aliphatic carbocycles. The lowest BCUT2D eigenvalue weighted by Crippen LogP contribution is -2.41. The Hall–Kier alpha value is -3.55. The highest BCUT2D eigenvalue weighted by molar-refractivity contribution is 5.78. The summed E-state index contributed by atoms with van der Waals surface area (Å²) in [5.41, 5.74) is 0.805. The number of hydrogen-bond donors (Lipinski definition) is 1. The molecule has 1 amide bonds. The summed E-state index contributed by atoms with van der Waals surface area (Å²) in [6, 6.07) is 11.1. The molecule has 0 spiro atoms. The highest BCUT2D eigenvalue weighted by Crippen LogP contribution is 2.30. The van der Waals surface area contributed by atoms with Crippen LogP contribution in [-0.4, -0.2) is 43.9 Å². The van der Waals surface area contributed by atoms with E-state index in [0.29, 0.717) is 24.1 Å². The van der Waals surface area contributed by atoms with Crippen molar-refractivity contribution < 1.29 is 9.53 Å². The lowest BCUT2D eigenvalue weighted by atomic mass is 9.99. The third-order valence-electron chi connectivity index (χ3n) is 4.75. The second-order valence-corrected chi connectivity index (χ2v) is 6.72. The third-order valence-corrected chi connectivity index (χ3v) is 4.75. The van der Waals surface area contributed by atoms with E-state index in [4.69, 9.17) is 4.74 Å². The van der Waals surface area contributed by atoms with E-state index < -0.39 is 0 Å². The predicted octanol–water partition coefficient (Wildman–Crippen LogP) is 3.14. The first-order chi connectivity index (χ1) is 14.3. The van der Waals surface area contributed by atoms with Gasteiger partial charge in [-0.1, -0.05) is 18.2 Å². The van der Waals surface area contributed by atoms with E-state index in [-0.39, 0.29) is 18.6 Å². The molecular formula is C21H22N6O2. The van der Waals surface area contributed by atoms with Crippen LogP contribution in [0.5, 0.6) is 5.75 Å². The smallest absolute Gasteiger partial charge is 0.261 e. The molecule has 1 aliphatic heterocycles. The molecule has 3 heterocycles. The number of para-hydroxylation sites is 1. The van der Waals surface area contributed by atoms with Crippen LogP contribution in [-0.2, 0) is 4.79 Å². The second kappa shape index (κ2) is 9.09. The molecule has 29 heavy (non-hydrogen) atoms. The van der Waals surface area contributed by atoms with Crippen molar-refractivity contribution in [3.05, 3.63) is 66.9 Å². The van der Waals surface area contributed by atoms with Gasteiger partial charge in [-0.05, 0) is 37.5 Å². The number of carbonyl (C=O) groups is 1. The first-order valence-corrected chi connectivity index (χ1v) is 9.63. The van der Waals surface area contributed by atoms with E-state index in [2.05, 4.69) is 25.3 Å². The largest absolute Gasteiger partial charge is 0.484 e. The molecule has 1 aromatic carbocycles. The van der Waals surface area contributed by atoms with Gasteiger partial charge in [-0.3, -0.25) is 9.78 Å². The molecule has 3 aromatic rings. The fourth-order valence-corrected chi connectivity index (χ4v) is 3.38. The maximum Gasteiger partial charge on any atom is 0.261 e. The summed E-state index contributed by atoms with van der Waals surface area (Å²) >= 11 is 0. The van der Waals surface area contributed by atoms with E-state index in [9.17, 15) is 4.79 Å². The maximum atomic E-state index is 12.9. The molecule has 1 saturated heterocycles. The van der Waals surface area contributed by atoms with E-state index in [1.165, 1.54) is 0 Å². The van der Waals surface area contributed by atoms with Crippen molar-refractivity contribution in [2.24, 2.45) is 0 Å². The summed E-state index contributed by atoms with van der Waals surface area (Å²) < 4.78 is 5.66. The Bertz CT molecular complexity index is 938. The monoisotopic (exact) mass is 390 g/mol. The van der Waals surface area contributed by atoms with Crippen LogP contribution in [0.15, 0.2) is 61.2 Å². The van der Waals surface area contributed by atoms with Crippen LogP contribution in [0.2, 0.25) is 0 Å². The Balaban J connectivity index is 1.47. The molecule has 0 radical (unpaired) electrons. The van der Waals surface area contributed by atoms with Crippen LogP contribution in [0, 0.1) is 0 Å². The van der Waals surface area contributed by atoms with Crippen LogP contribution >= 0.6 is 0 Å². The second-order valence-electron chi connectivity index (χ2n) is 6.72. The summed E-state index contributed by atoms with van der Waals surface area (Å²) in [7, 11) is 0. The van der Waals surface area contributed by atoms with Crippen LogP contribution in [0.25, 0.3) is 0 Å². The zero-order chi connectivity index (χ0) is 19.9. The number of hydrogen-bond acceptors (Lipinski definition) is 7. The van der Waals surface area contributed by atoms with Crippen LogP contribution in [0.4, 0.5) is 11.8 Å². The molecule has 4 rings (SSSR count). The quantitative estimate of drug-likeness (QED) is 0.691. The molecule has 1 N–H and O–H groups in total. The maximum absolute atomic E-state index is 12.9. The van der Waals surface area contributed by atoms with Crippen LogP contribution < -0.4 is 10.1 Å². The van der Waals surface area contributed by atoms with Gasteiger partial charge in [0.05, 0.1) is 17.9 Å². The SMILES string of the molecule is O=C(COc1ccccc1)N1CCCC[C@@H]1c1ccnc(Nc2cnccn2)n1. The first-order valence-electron chi connectivity index (χ1n) is 9.63. The number of carbonyl (C=O) groups excluding carboxylic acids is 1. The number of rotatable bonds is 6. The van der Waals surface area contributed by atoms with Crippen LogP contribution in [0.3, 0.4) is 0 Å². The number of piperidine rings is 1. The molecule has 1 aliphatic rings. The minimum atomic E-state index is -0.0963. The van der Waals surface area contributed by atoms with E-state index in [1.807, 2.05) is 41.3 Å². The zero-order valence-electron chi connectivity index (χ0n) is 15.9. The normalized spacial score (nSPS) is 16.3. The van der Waals surface area contributed by atoms with Crippen molar-refractivity contribution in [1.29, 1.82) is 0 Å². The number of ether oxygens (including phenoxy) is 1. The summed E-state index contributed by atoms with van der Waals surface area (Å²) in [5.74, 6) is 1.64. The number of aromatic nitrogens is 4. The average molecular weight is 390 g/mol. The van der Waals surface area contributed by atoms with Crippen molar-refractivity contribution in [3.63, 3.8) is 0 Å². The molecule has 0 bridgehead atoms. The molecule has 148 valence electrons. The number of anilines is 2. The first kappa shape index (κ1) is 18.8. The molecule has 8 heteroatoms. The summed E-state index contributed by atoms with van der Waals surface area (Å²) in [6.07, 6.45) is 9.38. The number of likely N-dealkylation sites (tertiary alicyclic amines) is 1. The summed E-state index contributed by atoms with van der Waals surface area (Å²) in [6.45, 7) is 0.703. The van der Waals surface area contributed by atoms with E-state index >= 15 is 0 Å².